The first kappa shape index (κ1) is 10.9. The first-order valence-electron chi connectivity index (χ1n) is 5.07. The highest BCUT2D eigenvalue weighted by Crippen LogP contribution is 2.34. The molecule has 1 aliphatic heterocycles. The third kappa shape index (κ3) is 1.52. The van der Waals surface area contributed by atoms with Crippen molar-refractivity contribution in [3.63, 3.8) is 0 Å². The molecule has 0 spiro atoms. The van der Waals surface area contributed by atoms with Gasteiger partial charge in [0.25, 0.3) is 0 Å². The Morgan fingerprint density at radius 1 is 1.44 bits per heavy atom. The number of fused-ring (bicyclic) bond motifs is 1. The van der Waals surface area contributed by atoms with Crippen LogP contribution in [-0.2, 0) is 4.79 Å². The largest absolute Gasteiger partial charge is 0.372 e. The van der Waals surface area contributed by atoms with Crippen molar-refractivity contribution in [1.82, 2.24) is 0 Å². The maximum atomic E-state index is 13.5. The summed E-state index contributed by atoms with van der Waals surface area (Å²) in [5.74, 6) is -1.59. The molecule has 16 heavy (non-hydrogen) atoms. The van der Waals surface area contributed by atoms with Crippen molar-refractivity contribution >= 4 is 17.3 Å². The van der Waals surface area contributed by atoms with Gasteiger partial charge in [-0.3, -0.25) is 4.79 Å². The highest BCUT2D eigenvalue weighted by Gasteiger charge is 2.31. The second-order valence-corrected chi connectivity index (χ2v) is 3.79. The summed E-state index contributed by atoms with van der Waals surface area (Å²) in [5, 5.41) is 2.84. The summed E-state index contributed by atoms with van der Waals surface area (Å²) >= 11 is 0. The normalized spacial score (nSPS) is 19.4. The van der Waals surface area contributed by atoms with Crippen LogP contribution < -0.4 is 10.2 Å². The molecule has 2 rings (SSSR count). The molecule has 0 fully saturated rings. The summed E-state index contributed by atoms with van der Waals surface area (Å²) < 4.78 is 26.5. The SMILES string of the molecule is CCC1Nc2cc(F)cc(F)c2N(C)C1=O. The number of carbonyl (C=O) groups excluding carboxylic acids is 1. The van der Waals surface area contributed by atoms with Gasteiger partial charge in [0.2, 0.25) is 5.91 Å². The molecule has 1 heterocycles. The highest BCUT2D eigenvalue weighted by molar-refractivity contribution is 6.04. The Balaban J connectivity index is 2.54. The Morgan fingerprint density at radius 3 is 2.75 bits per heavy atom. The Hall–Kier alpha value is -1.65. The van der Waals surface area contributed by atoms with Crippen LogP contribution in [0.5, 0.6) is 0 Å². The topological polar surface area (TPSA) is 32.3 Å². The van der Waals surface area contributed by atoms with Crippen LogP contribution in [0.1, 0.15) is 13.3 Å². The molecule has 1 atom stereocenters. The first-order valence-corrected chi connectivity index (χ1v) is 5.07. The van der Waals surface area contributed by atoms with E-state index in [0.29, 0.717) is 12.1 Å². The lowest BCUT2D eigenvalue weighted by Gasteiger charge is -2.32. The fourth-order valence-corrected chi connectivity index (χ4v) is 1.89. The lowest BCUT2D eigenvalue weighted by Crippen LogP contribution is -2.45. The molecule has 1 N–H and O–H groups in total. The molecule has 1 aliphatic rings. The van der Waals surface area contributed by atoms with Gasteiger partial charge in [-0.2, -0.15) is 0 Å². The number of benzene rings is 1. The number of hydrogen-bond acceptors (Lipinski definition) is 2. The lowest BCUT2D eigenvalue weighted by atomic mass is 10.1. The van der Waals surface area contributed by atoms with E-state index >= 15 is 0 Å². The van der Waals surface area contributed by atoms with Crippen LogP contribution in [0.2, 0.25) is 0 Å². The molecule has 1 amide bonds. The lowest BCUT2D eigenvalue weighted by molar-refractivity contribution is -0.119. The number of nitrogens with zero attached hydrogens (tertiary/aromatic N) is 1. The van der Waals surface area contributed by atoms with E-state index in [0.717, 1.165) is 6.07 Å². The van der Waals surface area contributed by atoms with Crippen molar-refractivity contribution in [2.45, 2.75) is 19.4 Å². The first-order chi connectivity index (χ1) is 7.54. The van der Waals surface area contributed by atoms with E-state index in [4.69, 9.17) is 0 Å². The van der Waals surface area contributed by atoms with Gasteiger partial charge in [-0.15, -0.1) is 0 Å². The molecule has 0 bridgehead atoms. The van der Waals surface area contributed by atoms with E-state index in [1.165, 1.54) is 18.0 Å². The van der Waals surface area contributed by atoms with E-state index in [2.05, 4.69) is 5.32 Å². The van der Waals surface area contributed by atoms with Crippen LogP contribution in [-0.4, -0.2) is 19.0 Å². The van der Waals surface area contributed by atoms with Crippen molar-refractivity contribution in [2.75, 3.05) is 17.3 Å². The number of anilines is 2. The minimum Gasteiger partial charge on any atom is -0.372 e. The van der Waals surface area contributed by atoms with Crippen molar-refractivity contribution < 1.29 is 13.6 Å². The number of rotatable bonds is 1. The minimum absolute atomic E-state index is 0.108. The molecule has 1 aromatic rings. The van der Waals surface area contributed by atoms with Crippen molar-refractivity contribution in [3.8, 4) is 0 Å². The van der Waals surface area contributed by atoms with Gasteiger partial charge >= 0.3 is 0 Å². The minimum atomic E-state index is -0.729. The number of likely N-dealkylation sites (N-methyl/N-ethyl adjacent to an activating group) is 1. The number of amides is 1. The molecule has 5 heteroatoms. The predicted octanol–water partition coefficient (Wildman–Crippen LogP) is 2.13. The van der Waals surface area contributed by atoms with Crippen LogP contribution in [0.4, 0.5) is 20.2 Å². The fourth-order valence-electron chi connectivity index (χ4n) is 1.89. The van der Waals surface area contributed by atoms with Crippen LogP contribution >= 0.6 is 0 Å². The fraction of sp³-hybridized carbons (Fsp3) is 0.364. The molecule has 0 saturated heterocycles. The van der Waals surface area contributed by atoms with E-state index in [9.17, 15) is 13.6 Å². The quantitative estimate of drug-likeness (QED) is 0.795. The van der Waals surface area contributed by atoms with Crippen LogP contribution in [0.15, 0.2) is 12.1 Å². The standard InChI is InChI=1S/C11H12F2N2O/c1-3-8-11(16)15(2)10-7(13)4-6(12)5-9(10)14-8/h4-5,8,14H,3H2,1-2H3. The van der Waals surface area contributed by atoms with Crippen molar-refractivity contribution in [1.29, 1.82) is 0 Å². The molecule has 1 aromatic carbocycles. The molecule has 0 saturated carbocycles. The van der Waals surface area contributed by atoms with E-state index in [-0.39, 0.29) is 11.6 Å². The maximum absolute atomic E-state index is 13.5. The Bertz CT molecular complexity index is 448. The van der Waals surface area contributed by atoms with Gasteiger partial charge in [-0.1, -0.05) is 6.92 Å². The van der Waals surface area contributed by atoms with Gasteiger partial charge < -0.3 is 10.2 Å². The maximum Gasteiger partial charge on any atom is 0.249 e. The monoisotopic (exact) mass is 226 g/mol. The summed E-state index contributed by atoms with van der Waals surface area (Å²) in [7, 11) is 1.49. The van der Waals surface area contributed by atoms with E-state index < -0.39 is 17.7 Å². The van der Waals surface area contributed by atoms with Gasteiger partial charge in [-0.05, 0) is 12.5 Å². The van der Waals surface area contributed by atoms with Crippen LogP contribution in [0, 0.1) is 11.6 Å². The smallest absolute Gasteiger partial charge is 0.249 e. The molecular weight excluding hydrogens is 214 g/mol. The molecule has 0 aromatic heterocycles. The van der Waals surface area contributed by atoms with Gasteiger partial charge in [0, 0.05) is 13.1 Å². The zero-order valence-corrected chi connectivity index (χ0v) is 9.05. The average Bonchev–Trinajstić information content (AvgIpc) is 2.22. The second-order valence-electron chi connectivity index (χ2n) is 3.79. The van der Waals surface area contributed by atoms with Gasteiger partial charge in [-0.25, -0.2) is 8.78 Å². The number of halogens is 2. The summed E-state index contributed by atoms with van der Waals surface area (Å²) in [6.07, 6.45) is 0.570. The molecule has 3 nitrogen and oxygen atoms in total. The van der Waals surface area contributed by atoms with Gasteiger partial charge in [0.15, 0.2) is 5.82 Å². The van der Waals surface area contributed by atoms with E-state index in [1.54, 1.807) is 0 Å². The Kier molecular flexibility index (Phi) is 2.53. The van der Waals surface area contributed by atoms with Gasteiger partial charge in [0.05, 0.1) is 5.69 Å². The molecule has 0 radical (unpaired) electrons. The molecule has 86 valence electrons. The van der Waals surface area contributed by atoms with Crippen molar-refractivity contribution in [2.24, 2.45) is 0 Å². The van der Waals surface area contributed by atoms with Gasteiger partial charge in [0.1, 0.15) is 17.5 Å². The average molecular weight is 226 g/mol. The Labute approximate surface area is 92.1 Å². The number of nitrogens with one attached hydrogen (secondary N) is 1. The number of carbonyl (C=O) groups is 1. The summed E-state index contributed by atoms with van der Waals surface area (Å²) in [4.78, 5) is 13.0. The molecular formula is C11H12F2N2O. The zero-order valence-electron chi connectivity index (χ0n) is 9.05. The summed E-state index contributed by atoms with van der Waals surface area (Å²) in [6, 6.07) is 1.55. The third-order valence-corrected chi connectivity index (χ3v) is 2.73. The Morgan fingerprint density at radius 2 is 2.12 bits per heavy atom. The van der Waals surface area contributed by atoms with Crippen molar-refractivity contribution in [3.05, 3.63) is 23.8 Å². The van der Waals surface area contributed by atoms with E-state index in [1.807, 2.05) is 6.92 Å². The molecule has 1 unspecified atom stereocenters. The number of hydrogen-bond donors (Lipinski definition) is 1. The second kappa shape index (κ2) is 3.73. The van der Waals surface area contributed by atoms with Crippen LogP contribution in [0.25, 0.3) is 0 Å². The predicted molar refractivity (Wildman–Crippen MR) is 57.5 cm³/mol. The third-order valence-electron chi connectivity index (χ3n) is 2.73. The summed E-state index contributed by atoms with van der Waals surface area (Å²) in [5.41, 5.74) is 0.433. The highest BCUT2D eigenvalue weighted by atomic mass is 19.1. The molecule has 0 aliphatic carbocycles. The summed E-state index contributed by atoms with van der Waals surface area (Å²) in [6.45, 7) is 1.84. The zero-order chi connectivity index (χ0) is 11.9. The van der Waals surface area contributed by atoms with Crippen LogP contribution in [0.3, 0.4) is 0 Å².